The number of aryl methyl sites for hydroxylation is 2. The summed E-state index contributed by atoms with van der Waals surface area (Å²) in [5, 5.41) is 24.9. The first-order chi connectivity index (χ1) is 13.0. The lowest BCUT2D eigenvalue weighted by Crippen LogP contribution is -2.38. The SMILES string of the molecule is Cc1nc(CCNC(=O)NCC(O)c2cccc(O)c2)nc2c1CCCC2. The first-order valence-electron chi connectivity index (χ1n) is 9.37. The number of amides is 2. The number of phenols is 1. The zero-order valence-corrected chi connectivity index (χ0v) is 15.5. The highest BCUT2D eigenvalue weighted by atomic mass is 16.3. The van der Waals surface area contributed by atoms with Crippen molar-refractivity contribution in [1.29, 1.82) is 0 Å². The van der Waals surface area contributed by atoms with E-state index in [1.54, 1.807) is 12.1 Å². The standard InChI is InChI=1S/C20H26N4O3/c1-13-16-7-2-3-8-17(16)24-19(23-13)9-10-21-20(27)22-12-18(26)14-5-4-6-15(25)11-14/h4-6,11,18,25-26H,2-3,7-10,12H2,1H3,(H2,21,22,27). The Bertz CT molecular complexity index is 810. The van der Waals surface area contributed by atoms with Gasteiger partial charge >= 0.3 is 6.03 Å². The molecule has 0 aliphatic heterocycles. The van der Waals surface area contributed by atoms with Gasteiger partial charge in [0.1, 0.15) is 11.6 Å². The van der Waals surface area contributed by atoms with E-state index in [1.807, 2.05) is 6.92 Å². The molecule has 1 aliphatic rings. The summed E-state index contributed by atoms with van der Waals surface area (Å²) in [5.41, 5.74) is 4.04. The third-order valence-corrected chi connectivity index (χ3v) is 4.78. The second kappa shape index (κ2) is 8.81. The van der Waals surface area contributed by atoms with E-state index in [1.165, 1.54) is 30.5 Å². The van der Waals surface area contributed by atoms with Crippen LogP contribution in [0.15, 0.2) is 24.3 Å². The van der Waals surface area contributed by atoms with E-state index in [0.29, 0.717) is 18.5 Å². The number of aromatic nitrogens is 2. The number of aliphatic hydroxyl groups is 1. The molecule has 4 N–H and O–H groups in total. The Morgan fingerprint density at radius 3 is 2.85 bits per heavy atom. The lowest BCUT2D eigenvalue weighted by molar-refractivity contribution is 0.173. The number of aliphatic hydroxyl groups excluding tert-OH is 1. The number of fused-ring (bicyclic) bond motifs is 1. The van der Waals surface area contributed by atoms with Crippen molar-refractivity contribution in [2.45, 2.75) is 45.1 Å². The minimum Gasteiger partial charge on any atom is -0.508 e. The summed E-state index contributed by atoms with van der Waals surface area (Å²) in [6.07, 6.45) is 4.12. The summed E-state index contributed by atoms with van der Waals surface area (Å²) >= 11 is 0. The summed E-state index contributed by atoms with van der Waals surface area (Å²) in [6.45, 7) is 2.51. The van der Waals surface area contributed by atoms with Crippen LogP contribution in [0.5, 0.6) is 5.75 Å². The average Bonchev–Trinajstić information content (AvgIpc) is 2.66. The molecule has 0 fully saturated rings. The minimum absolute atomic E-state index is 0.0593. The number of carbonyl (C=O) groups is 1. The van der Waals surface area contributed by atoms with Gasteiger partial charge in [-0.15, -0.1) is 0 Å². The van der Waals surface area contributed by atoms with Crippen molar-refractivity contribution in [2.75, 3.05) is 13.1 Å². The molecule has 7 heteroatoms. The molecule has 0 radical (unpaired) electrons. The Morgan fingerprint density at radius 2 is 2.04 bits per heavy atom. The van der Waals surface area contributed by atoms with Crippen LogP contribution in [0.1, 0.15) is 47.3 Å². The lowest BCUT2D eigenvalue weighted by Gasteiger charge is -2.17. The average molecular weight is 370 g/mol. The lowest BCUT2D eigenvalue weighted by atomic mass is 9.95. The predicted molar refractivity (Wildman–Crippen MR) is 102 cm³/mol. The van der Waals surface area contributed by atoms with Gasteiger partial charge in [0.15, 0.2) is 0 Å². The molecule has 0 saturated carbocycles. The summed E-state index contributed by atoms with van der Waals surface area (Å²) in [4.78, 5) is 21.1. The Labute approximate surface area is 158 Å². The largest absolute Gasteiger partial charge is 0.508 e. The normalized spacial score (nSPS) is 14.3. The van der Waals surface area contributed by atoms with E-state index >= 15 is 0 Å². The monoisotopic (exact) mass is 370 g/mol. The number of carbonyl (C=O) groups excluding carboxylic acids is 1. The van der Waals surface area contributed by atoms with E-state index in [-0.39, 0.29) is 18.3 Å². The Hall–Kier alpha value is -2.67. The first-order valence-corrected chi connectivity index (χ1v) is 9.37. The molecule has 1 aliphatic carbocycles. The van der Waals surface area contributed by atoms with Gasteiger partial charge in [-0.3, -0.25) is 0 Å². The molecule has 0 bridgehead atoms. The van der Waals surface area contributed by atoms with Crippen molar-refractivity contribution in [3.63, 3.8) is 0 Å². The van der Waals surface area contributed by atoms with Crippen LogP contribution in [0.25, 0.3) is 0 Å². The number of hydrogen-bond donors (Lipinski definition) is 4. The summed E-state index contributed by atoms with van der Waals surface area (Å²) < 4.78 is 0. The third kappa shape index (κ3) is 5.17. The maximum Gasteiger partial charge on any atom is 0.314 e. The van der Waals surface area contributed by atoms with E-state index < -0.39 is 6.10 Å². The van der Waals surface area contributed by atoms with Crippen molar-refractivity contribution in [1.82, 2.24) is 20.6 Å². The van der Waals surface area contributed by atoms with E-state index in [9.17, 15) is 15.0 Å². The van der Waals surface area contributed by atoms with Crippen LogP contribution in [0.4, 0.5) is 4.79 Å². The van der Waals surface area contributed by atoms with Crippen LogP contribution >= 0.6 is 0 Å². The van der Waals surface area contributed by atoms with Crippen LogP contribution in [0.3, 0.4) is 0 Å². The van der Waals surface area contributed by atoms with Crippen LogP contribution in [0, 0.1) is 6.92 Å². The molecule has 2 amide bonds. The van der Waals surface area contributed by atoms with Crippen LogP contribution in [0.2, 0.25) is 0 Å². The van der Waals surface area contributed by atoms with Gasteiger partial charge in [0.25, 0.3) is 0 Å². The number of phenolic OH excluding ortho intramolecular Hbond substituents is 1. The highest BCUT2D eigenvalue weighted by molar-refractivity contribution is 5.73. The zero-order chi connectivity index (χ0) is 19.2. The number of urea groups is 1. The van der Waals surface area contributed by atoms with Gasteiger partial charge in [0, 0.05) is 30.9 Å². The Balaban J connectivity index is 1.44. The van der Waals surface area contributed by atoms with Gasteiger partial charge < -0.3 is 20.8 Å². The fourth-order valence-electron chi connectivity index (χ4n) is 3.35. The van der Waals surface area contributed by atoms with Crippen molar-refractivity contribution in [3.05, 3.63) is 52.6 Å². The molecular weight excluding hydrogens is 344 g/mol. The maximum atomic E-state index is 11.9. The summed E-state index contributed by atoms with van der Waals surface area (Å²) in [5.74, 6) is 0.838. The molecule has 3 rings (SSSR count). The number of aromatic hydroxyl groups is 1. The fourth-order valence-corrected chi connectivity index (χ4v) is 3.35. The number of nitrogens with one attached hydrogen (secondary N) is 2. The Morgan fingerprint density at radius 1 is 1.22 bits per heavy atom. The van der Waals surface area contributed by atoms with Crippen molar-refractivity contribution in [3.8, 4) is 5.75 Å². The molecule has 2 aromatic rings. The molecule has 1 heterocycles. The quantitative estimate of drug-likeness (QED) is 0.622. The van der Waals surface area contributed by atoms with Gasteiger partial charge in [0.2, 0.25) is 0 Å². The van der Waals surface area contributed by atoms with Crippen LogP contribution in [-0.4, -0.2) is 39.3 Å². The summed E-state index contributed by atoms with van der Waals surface area (Å²) in [6, 6.07) is 5.98. The number of rotatable bonds is 6. The van der Waals surface area contributed by atoms with Gasteiger partial charge in [0.05, 0.1) is 6.10 Å². The third-order valence-electron chi connectivity index (χ3n) is 4.78. The number of benzene rings is 1. The van der Waals surface area contributed by atoms with Gasteiger partial charge in [-0.05, 0) is 55.9 Å². The predicted octanol–water partition coefficient (Wildman–Crippen LogP) is 1.94. The smallest absolute Gasteiger partial charge is 0.314 e. The minimum atomic E-state index is -0.880. The van der Waals surface area contributed by atoms with Crippen molar-refractivity contribution in [2.24, 2.45) is 0 Å². The highest BCUT2D eigenvalue weighted by Crippen LogP contribution is 2.21. The fraction of sp³-hybridized carbons (Fsp3) is 0.450. The van der Waals surface area contributed by atoms with Crippen molar-refractivity contribution >= 4 is 6.03 Å². The molecule has 7 nitrogen and oxygen atoms in total. The molecule has 0 spiro atoms. The molecule has 27 heavy (non-hydrogen) atoms. The zero-order valence-electron chi connectivity index (χ0n) is 15.5. The topological polar surface area (TPSA) is 107 Å². The van der Waals surface area contributed by atoms with Gasteiger partial charge in [-0.2, -0.15) is 0 Å². The Kier molecular flexibility index (Phi) is 6.24. The first kappa shape index (κ1) is 19.1. The van der Waals surface area contributed by atoms with Crippen molar-refractivity contribution < 1.29 is 15.0 Å². The molecule has 1 atom stereocenters. The summed E-state index contributed by atoms with van der Waals surface area (Å²) in [7, 11) is 0. The van der Waals surface area contributed by atoms with Gasteiger partial charge in [-0.1, -0.05) is 12.1 Å². The molecule has 0 saturated heterocycles. The molecule has 1 aromatic carbocycles. The molecular formula is C20H26N4O3. The molecule has 1 unspecified atom stereocenters. The van der Waals surface area contributed by atoms with Crippen LogP contribution in [-0.2, 0) is 19.3 Å². The molecule has 1 aromatic heterocycles. The number of nitrogens with zero attached hydrogens (tertiary/aromatic N) is 2. The number of hydrogen-bond acceptors (Lipinski definition) is 5. The molecule has 144 valence electrons. The van der Waals surface area contributed by atoms with Crippen LogP contribution < -0.4 is 10.6 Å². The highest BCUT2D eigenvalue weighted by Gasteiger charge is 2.15. The maximum absolute atomic E-state index is 11.9. The van der Waals surface area contributed by atoms with E-state index in [0.717, 1.165) is 30.1 Å². The van der Waals surface area contributed by atoms with Gasteiger partial charge in [-0.25, -0.2) is 14.8 Å². The second-order valence-electron chi connectivity index (χ2n) is 6.86. The second-order valence-corrected chi connectivity index (χ2v) is 6.86. The van der Waals surface area contributed by atoms with E-state index in [2.05, 4.69) is 20.6 Å². The van der Waals surface area contributed by atoms with E-state index in [4.69, 9.17) is 0 Å².